The van der Waals surface area contributed by atoms with Crippen molar-refractivity contribution in [3.05, 3.63) is 29.6 Å². The van der Waals surface area contributed by atoms with Crippen LogP contribution in [0.5, 0.6) is 5.75 Å². The number of benzene rings is 1. The summed E-state index contributed by atoms with van der Waals surface area (Å²) in [6.07, 6.45) is 6.31. The van der Waals surface area contributed by atoms with Gasteiger partial charge in [-0.15, -0.1) is 0 Å². The first kappa shape index (κ1) is 14.3. The average Bonchev–Trinajstić information content (AvgIpc) is 3.06. The number of hydrogen-bond donors (Lipinski definition) is 0. The number of nitrogens with zero attached hydrogens (tertiary/aromatic N) is 1. The molecule has 1 heterocycles. The topological polar surface area (TPSA) is 12.5 Å². The molecule has 1 aromatic carbocycles. The van der Waals surface area contributed by atoms with Crippen LogP contribution < -0.4 is 4.74 Å². The van der Waals surface area contributed by atoms with E-state index in [0.717, 1.165) is 36.2 Å². The molecule has 3 rings (SSSR count). The maximum absolute atomic E-state index is 13.2. The van der Waals surface area contributed by atoms with Gasteiger partial charge in [-0.1, -0.05) is 28.8 Å². The zero-order chi connectivity index (χ0) is 13.9. The minimum Gasteiger partial charge on any atom is -0.488 e. The molecule has 0 amide bonds. The van der Waals surface area contributed by atoms with E-state index in [4.69, 9.17) is 4.74 Å². The van der Waals surface area contributed by atoms with E-state index in [1.165, 1.54) is 31.7 Å². The van der Waals surface area contributed by atoms with Crippen LogP contribution in [-0.4, -0.2) is 35.5 Å². The largest absolute Gasteiger partial charge is 0.488 e. The normalized spacial score (nSPS) is 22.2. The summed E-state index contributed by atoms with van der Waals surface area (Å²) in [5, 5.41) is 0.998. The van der Waals surface area contributed by atoms with Gasteiger partial charge in [0.25, 0.3) is 0 Å². The molecular weight excluding hydrogens is 321 g/mol. The molecule has 1 aliphatic carbocycles. The smallest absolute Gasteiger partial charge is 0.123 e. The molecule has 1 fully saturated rings. The van der Waals surface area contributed by atoms with Crippen molar-refractivity contribution in [1.29, 1.82) is 0 Å². The molecule has 1 aromatic rings. The van der Waals surface area contributed by atoms with Crippen LogP contribution in [0.2, 0.25) is 0 Å². The van der Waals surface area contributed by atoms with Crippen LogP contribution in [0.15, 0.2) is 18.2 Å². The molecule has 110 valence electrons. The third kappa shape index (κ3) is 3.17. The van der Waals surface area contributed by atoms with Crippen LogP contribution in [0.3, 0.4) is 0 Å². The Kier molecular flexibility index (Phi) is 4.61. The van der Waals surface area contributed by atoms with Crippen molar-refractivity contribution in [2.75, 3.05) is 18.4 Å². The van der Waals surface area contributed by atoms with Crippen molar-refractivity contribution in [2.45, 2.75) is 44.2 Å². The summed E-state index contributed by atoms with van der Waals surface area (Å²) in [4.78, 5) is 2.55. The van der Waals surface area contributed by atoms with Gasteiger partial charge in [-0.2, -0.15) is 0 Å². The highest BCUT2D eigenvalue weighted by molar-refractivity contribution is 9.09. The van der Waals surface area contributed by atoms with E-state index < -0.39 is 0 Å². The Morgan fingerprint density at radius 2 is 2.10 bits per heavy atom. The second-order valence-electron chi connectivity index (χ2n) is 5.82. The molecule has 1 unspecified atom stereocenters. The van der Waals surface area contributed by atoms with Crippen molar-refractivity contribution in [1.82, 2.24) is 4.90 Å². The van der Waals surface area contributed by atoms with Crippen molar-refractivity contribution in [3.8, 4) is 5.75 Å². The predicted molar refractivity (Wildman–Crippen MR) is 82.1 cm³/mol. The van der Waals surface area contributed by atoms with E-state index in [9.17, 15) is 4.39 Å². The second-order valence-corrected chi connectivity index (χ2v) is 6.61. The molecular formula is C16H21BrFNO. The zero-order valence-electron chi connectivity index (χ0n) is 11.7. The standard InChI is InChI=1S/C16H21BrFNO/c17-7-8-19(14-3-1-2-4-14)11-15-10-12-9-13(18)5-6-16(12)20-15/h5-6,9,14-15H,1-4,7-8,10-11H2. The van der Waals surface area contributed by atoms with E-state index in [1.54, 1.807) is 12.1 Å². The minimum atomic E-state index is -0.166. The highest BCUT2D eigenvalue weighted by atomic mass is 79.9. The molecule has 0 N–H and O–H groups in total. The first-order chi connectivity index (χ1) is 9.76. The van der Waals surface area contributed by atoms with E-state index >= 15 is 0 Å². The summed E-state index contributed by atoms with van der Waals surface area (Å²) in [5.74, 6) is 0.697. The Morgan fingerprint density at radius 3 is 2.85 bits per heavy atom. The van der Waals surface area contributed by atoms with Crippen molar-refractivity contribution in [2.24, 2.45) is 0 Å². The Hall–Kier alpha value is -0.610. The van der Waals surface area contributed by atoms with E-state index in [1.807, 2.05) is 0 Å². The number of ether oxygens (including phenoxy) is 1. The second kappa shape index (κ2) is 6.44. The van der Waals surface area contributed by atoms with Gasteiger partial charge in [-0.3, -0.25) is 4.90 Å². The van der Waals surface area contributed by atoms with Gasteiger partial charge in [0, 0.05) is 36.4 Å². The molecule has 1 atom stereocenters. The Balaban J connectivity index is 1.62. The van der Waals surface area contributed by atoms with Crippen molar-refractivity contribution >= 4 is 15.9 Å². The summed E-state index contributed by atoms with van der Waals surface area (Å²) in [7, 11) is 0. The molecule has 0 aromatic heterocycles. The maximum Gasteiger partial charge on any atom is 0.123 e. The number of hydrogen-bond acceptors (Lipinski definition) is 2. The predicted octanol–water partition coefficient (Wildman–Crippen LogP) is 3.77. The van der Waals surface area contributed by atoms with Crippen molar-refractivity contribution in [3.63, 3.8) is 0 Å². The van der Waals surface area contributed by atoms with Crippen LogP contribution >= 0.6 is 15.9 Å². The summed E-state index contributed by atoms with van der Waals surface area (Å²) < 4.78 is 19.2. The van der Waals surface area contributed by atoms with Gasteiger partial charge in [-0.05, 0) is 31.0 Å². The van der Waals surface area contributed by atoms with Crippen LogP contribution in [0.25, 0.3) is 0 Å². The van der Waals surface area contributed by atoms with Crippen molar-refractivity contribution < 1.29 is 9.13 Å². The fraction of sp³-hybridized carbons (Fsp3) is 0.625. The van der Waals surface area contributed by atoms with Gasteiger partial charge in [0.15, 0.2) is 0 Å². The fourth-order valence-electron chi connectivity index (χ4n) is 3.45. The lowest BCUT2D eigenvalue weighted by Crippen LogP contribution is -2.41. The lowest BCUT2D eigenvalue weighted by atomic mass is 10.1. The molecule has 0 radical (unpaired) electrons. The maximum atomic E-state index is 13.2. The molecule has 1 aliphatic heterocycles. The Morgan fingerprint density at radius 1 is 1.30 bits per heavy atom. The van der Waals surface area contributed by atoms with Crippen LogP contribution in [0, 0.1) is 5.82 Å². The minimum absolute atomic E-state index is 0.166. The van der Waals surface area contributed by atoms with Crippen LogP contribution in [0.4, 0.5) is 4.39 Å². The molecule has 0 spiro atoms. The number of rotatable bonds is 5. The lowest BCUT2D eigenvalue weighted by molar-refractivity contribution is 0.123. The molecule has 4 heteroatoms. The van der Waals surface area contributed by atoms with Gasteiger partial charge in [0.05, 0.1) is 0 Å². The molecule has 0 saturated heterocycles. The van der Waals surface area contributed by atoms with Gasteiger partial charge in [0.2, 0.25) is 0 Å². The quantitative estimate of drug-likeness (QED) is 0.756. The van der Waals surface area contributed by atoms with E-state index in [0.29, 0.717) is 6.04 Å². The SMILES string of the molecule is Fc1ccc2c(c1)CC(CN(CCBr)C1CCCC1)O2. The van der Waals surface area contributed by atoms with Gasteiger partial charge < -0.3 is 4.74 Å². The van der Waals surface area contributed by atoms with Gasteiger partial charge in [-0.25, -0.2) is 4.39 Å². The Labute approximate surface area is 128 Å². The third-order valence-corrected chi connectivity index (χ3v) is 4.77. The van der Waals surface area contributed by atoms with Crippen LogP contribution in [0.1, 0.15) is 31.2 Å². The van der Waals surface area contributed by atoms with Crippen LogP contribution in [-0.2, 0) is 6.42 Å². The average molecular weight is 342 g/mol. The van der Waals surface area contributed by atoms with E-state index in [-0.39, 0.29) is 11.9 Å². The summed E-state index contributed by atoms with van der Waals surface area (Å²) in [5.41, 5.74) is 1.01. The Bertz CT molecular complexity index is 462. The number of fused-ring (bicyclic) bond motifs is 1. The summed E-state index contributed by atoms with van der Waals surface area (Å²) >= 11 is 3.55. The van der Waals surface area contributed by atoms with Gasteiger partial charge >= 0.3 is 0 Å². The highest BCUT2D eigenvalue weighted by Crippen LogP contribution is 2.31. The molecule has 20 heavy (non-hydrogen) atoms. The number of halogens is 2. The van der Waals surface area contributed by atoms with Gasteiger partial charge in [0.1, 0.15) is 17.7 Å². The molecule has 0 bridgehead atoms. The zero-order valence-corrected chi connectivity index (χ0v) is 13.2. The monoisotopic (exact) mass is 341 g/mol. The molecule has 2 nitrogen and oxygen atoms in total. The van der Waals surface area contributed by atoms with E-state index in [2.05, 4.69) is 20.8 Å². The lowest BCUT2D eigenvalue weighted by Gasteiger charge is -2.30. The fourth-order valence-corrected chi connectivity index (χ4v) is 3.91. The highest BCUT2D eigenvalue weighted by Gasteiger charge is 2.29. The third-order valence-electron chi connectivity index (χ3n) is 4.41. The first-order valence-corrected chi connectivity index (χ1v) is 8.63. The first-order valence-electron chi connectivity index (χ1n) is 7.51. The summed E-state index contributed by atoms with van der Waals surface area (Å²) in [6.45, 7) is 2.02. The molecule has 2 aliphatic rings. The summed E-state index contributed by atoms with van der Waals surface area (Å²) in [6, 6.07) is 5.56. The number of alkyl halides is 1. The molecule has 1 saturated carbocycles.